The van der Waals surface area contributed by atoms with Crippen molar-refractivity contribution >= 4 is 5.91 Å². The molecule has 4 saturated heterocycles. The van der Waals surface area contributed by atoms with Crippen molar-refractivity contribution in [2.45, 2.75) is 30.8 Å². The molecular weight excluding hydrogens is 378 g/mol. The fourth-order valence-corrected chi connectivity index (χ4v) is 5.94. The van der Waals surface area contributed by atoms with Gasteiger partial charge in [0.05, 0.1) is 17.7 Å². The highest BCUT2D eigenvalue weighted by Gasteiger charge is 2.54. The minimum absolute atomic E-state index is 0.0754. The van der Waals surface area contributed by atoms with E-state index in [1.807, 2.05) is 6.07 Å². The zero-order valence-electron chi connectivity index (χ0n) is 16.7. The number of likely N-dealkylation sites (tertiary alicyclic amines) is 1. The number of amides is 1. The quantitative estimate of drug-likeness (QED) is 0.774. The average molecular weight is 401 g/mol. The molecule has 2 bridgehead atoms. The Bertz CT molecular complexity index is 1040. The van der Waals surface area contributed by atoms with Crippen LogP contribution in [0, 0.1) is 17.2 Å². The van der Waals surface area contributed by atoms with Gasteiger partial charge in [0.25, 0.3) is 5.91 Å². The van der Waals surface area contributed by atoms with Gasteiger partial charge in [0.1, 0.15) is 0 Å². The standard InChI is InChI=1S/C24H23N3O3/c25-12-15-1-3-17(4-2-15)24(28)27-13-19(18-5-6-20-21(11-18)30-14-29-20)23-22(27)16-7-9-26(23)10-8-16/h1-6,11,16,19,22-23H,7-10,13-14H2/t19-,22+,23+/m0/s1. The van der Waals surface area contributed by atoms with Crippen LogP contribution < -0.4 is 9.47 Å². The molecule has 0 aromatic heterocycles. The van der Waals surface area contributed by atoms with Gasteiger partial charge in [-0.15, -0.1) is 0 Å². The fourth-order valence-electron chi connectivity index (χ4n) is 5.94. The van der Waals surface area contributed by atoms with Gasteiger partial charge >= 0.3 is 0 Å². The third kappa shape index (κ3) is 2.62. The molecule has 0 saturated carbocycles. The summed E-state index contributed by atoms with van der Waals surface area (Å²) in [6.07, 6.45) is 2.32. The molecule has 4 fully saturated rings. The smallest absolute Gasteiger partial charge is 0.254 e. The maximum atomic E-state index is 13.5. The monoisotopic (exact) mass is 401 g/mol. The summed E-state index contributed by atoms with van der Waals surface area (Å²) in [7, 11) is 0. The van der Waals surface area contributed by atoms with Crippen molar-refractivity contribution in [2.75, 3.05) is 26.4 Å². The van der Waals surface area contributed by atoms with Gasteiger partial charge in [0, 0.05) is 24.1 Å². The van der Waals surface area contributed by atoms with E-state index in [9.17, 15) is 4.79 Å². The summed E-state index contributed by atoms with van der Waals surface area (Å²) in [5.74, 6) is 2.49. The van der Waals surface area contributed by atoms with Crippen LogP contribution in [0.2, 0.25) is 0 Å². The molecule has 30 heavy (non-hydrogen) atoms. The van der Waals surface area contributed by atoms with E-state index >= 15 is 0 Å². The predicted octanol–water partition coefficient (Wildman–Crippen LogP) is 2.99. The Morgan fingerprint density at radius 1 is 1.00 bits per heavy atom. The number of carbonyl (C=O) groups excluding carboxylic acids is 1. The molecule has 6 heteroatoms. The Kier molecular flexibility index (Phi) is 4.00. The molecule has 5 aliphatic heterocycles. The van der Waals surface area contributed by atoms with Gasteiger partial charge in [-0.25, -0.2) is 0 Å². The van der Waals surface area contributed by atoms with Crippen molar-refractivity contribution in [3.63, 3.8) is 0 Å². The van der Waals surface area contributed by atoms with Gasteiger partial charge in [-0.2, -0.15) is 5.26 Å². The second kappa shape index (κ2) is 6.75. The fraction of sp³-hybridized carbons (Fsp3) is 0.417. The largest absolute Gasteiger partial charge is 0.454 e. The zero-order chi connectivity index (χ0) is 20.2. The first-order valence-electron chi connectivity index (χ1n) is 10.7. The molecular formula is C24H23N3O3. The Labute approximate surface area is 175 Å². The molecule has 2 aromatic carbocycles. The van der Waals surface area contributed by atoms with Crippen LogP contribution in [-0.2, 0) is 0 Å². The zero-order valence-corrected chi connectivity index (χ0v) is 16.7. The number of hydrogen-bond donors (Lipinski definition) is 0. The van der Waals surface area contributed by atoms with E-state index in [1.165, 1.54) is 5.56 Å². The molecule has 0 radical (unpaired) electrons. The molecule has 152 valence electrons. The van der Waals surface area contributed by atoms with Gasteiger partial charge in [0.2, 0.25) is 6.79 Å². The van der Waals surface area contributed by atoms with E-state index in [1.54, 1.807) is 24.3 Å². The number of hydrogen-bond acceptors (Lipinski definition) is 5. The van der Waals surface area contributed by atoms with E-state index in [2.05, 4.69) is 28.0 Å². The highest BCUT2D eigenvalue weighted by Crippen LogP contribution is 2.48. The molecule has 1 amide bonds. The van der Waals surface area contributed by atoms with Crippen molar-refractivity contribution in [1.29, 1.82) is 5.26 Å². The van der Waals surface area contributed by atoms with Gasteiger partial charge in [-0.1, -0.05) is 6.07 Å². The summed E-state index contributed by atoms with van der Waals surface area (Å²) in [6, 6.07) is 16.0. The minimum Gasteiger partial charge on any atom is -0.454 e. The molecule has 6 nitrogen and oxygen atoms in total. The third-order valence-corrected chi connectivity index (χ3v) is 7.34. The number of benzene rings is 2. The lowest BCUT2D eigenvalue weighted by Gasteiger charge is -2.51. The number of ether oxygens (including phenoxy) is 2. The van der Waals surface area contributed by atoms with E-state index in [0.29, 0.717) is 29.6 Å². The third-order valence-electron chi connectivity index (χ3n) is 7.34. The SMILES string of the molecule is N#Cc1ccc(C(=O)N2C[C@@H](c3ccc4c(c3)OCO4)[C@@H]3[C@H]2C2CCN3CC2)cc1. The van der Waals surface area contributed by atoms with Crippen LogP contribution in [-0.4, -0.2) is 54.2 Å². The van der Waals surface area contributed by atoms with Crippen molar-refractivity contribution < 1.29 is 14.3 Å². The summed E-state index contributed by atoms with van der Waals surface area (Å²) >= 11 is 0. The summed E-state index contributed by atoms with van der Waals surface area (Å²) in [4.78, 5) is 18.2. The number of piperidine rings is 3. The molecule has 0 spiro atoms. The van der Waals surface area contributed by atoms with Crippen LogP contribution in [0.3, 0.4) is 0 Å². The normalized spacial score (nSPS) is 30.8. The van der Waals surface area contributed by atoms with Gasteiger partial charge in [0.15, 0.2) is 11.5 Å². The van der Waals surface area contributed by atoms with Crippen molar-refractivity contribution in [2.24, 2.45) is 5.92 Å². The molecule has 5 heterocycles. The molecule has 7 rings (SSSR count). The van der Waals surface area contributed by atoms with Crippen LogP contribution in [0.4, 0.5) is 0 Å². The first-order chi connectivity index (χ1) is 14.7. The number of carbonyl (C=O) groups is 1. The number of nitrogens with zero attached hydrogens (tertiary/aromatic N) is 3. The first kappa shape index (κ1) is 17.8. The molecule has 2 aromatic rings. The first-order valence-corrected chi connectivity index (χ1v) is 10.7. The molecule has 5 aliphatic rings. The Hall–Kier alpha value is -3.04. The number of nitriles is 1. The second-order valence-electron chi connectivity index (χ2n) is 8.72. The van der Waals surface area contributed by atoms with Gasteiger partial charge in [-0.3, -0.25) is 9.69 Å². The second-order valence-corrected chi connectivity index (χ2v) is 8.72. The summed E-state index contributed by atoms with van der Waals surface area (Å²) in [5, 5.41) is 9.06. The van der Waals surface area contributed by atoms with Crippen LogP contribution in [0.1, 0.15) is 40.2 Å². The number of fused-ring (bicyclic) bond motifs is 3. The molecule has 3 atom stereocenters. The molecule has 0 N–H and O–H groups in total. The van der Waals surface area contributed by atoms with Crippen molar-refractivity contribution in [1.82, 2.24) is 9.80 Å². The summed E-state index contributed by atoms with van der Waals surface area (Å²) in [5.41, 5.74) is 2.46. The lowest BCUT2D eigenvalue weighted by Crippen LogP contribution is -2.60. The molecule has 0 unspecified atom stereocenters. The highest BCUT2D eigenvalue weighted by molar-refractivity contribution is 5.95. The van der Waals surface area contributed by atoms with Crippen LogP contribution in [0.15, 0.2) is 42.5 Å². The van der Waals surface area contributed by atoms with Crippen LogP contribution in [0.25, 0.3) is 0 Å². The summed E-state index contributed by atoms with van der Waals surface area (Å²) in [6.45, 7) is 3.21. The predicted molar refractivity (Wildman–Crippen MR) is 109 cm³/mol. The Morgan fingerprint density at radius 3 is 2.53 bits per heavy atom. The van der Waals surface area contributed by atoms with E-state index in [-0.39, 0.29) is 24.7 Å². The maximum Gasteiger partial charge on any atom is 0.254 e. The minimum atomic E-state index is 0.0754. The van der Waals surface area contributed by atoms with E-state index < -0.39 is 0 Å². The van der Waals surface area contributed by atoms with E-state index in [4.69, 9.17) is 14.7 Å². The van der Waals surface area contributed by atoms with Gasteiger partial charge in [-0.05, 0) is 73.8 Å². The topological polar surface area (TPSA) is 65.8 Å². The lowest BCUT2D eigenvalue weighted by atomic mass is 9.75. The highest BCUT2D eigenvalue weighted by atomic mass is 16.7. The van der Waals surface area contributed by atoms with Crippen LogP contribution in [0.5, 0.6) is 11.5 Å². The van der Waals surface area contributed by atoms with Crippen molar-refractivity contribution in [3.05, 3.63) is 59.2 Å². The lowest BCUT2D eigenvalue weighted by molar-refractivity contribution is -0.00341. The average Bonchev–Trinajstić information content (AvgIpc) is 3.45. The van der Waals surface area contributed by atoms with E-state index in [0.717, 1.165) is 37.4 Å². The molecule has 0 aliphatic carbocycles. The summed E-state index contributed by atoms with van der Waals surface area (Å²) < 4.78 is 11.1. The van der Waals surface area contributed by atoms with Gasteiger partial charge < -0.3 is 14.4 Å². The Balaban J connectivity index is 1.36. The van der Waals surface area contributed by atoms with Crippen molar-refractivity contribution in [3.8, 4) is 17.6 Å². The maximum absolute atomic E-state index is 13.5. The van der Waals surface area contributed by atoms with Crippen LogP contribution >= 0.6 is 0 Å². The number of rotatable bonds is 2. The Morgan fingerprint density at radius 2 is 1.77 bits per heavy atom.